The second-order valence-electron chi connectivity index (χ2n) is 8.72. The van der Waals surface area contributed by atoms with Gasteiger partial charge in [-0.25, -0.2) is 4.39 Å². The lowest BCUT2D eigenvalue weighted by molar-refractivity contribution is -0.144. The summed E-state index contributed by atoms with van der Waals surface area (Å²) in [7, 11) is 0. The van der Waals surface area contributed by atoms with Gasteiger partial charge in [-0.3, -0.25) is 9.59 Å². The van der Waals surface area contributed by atoms with E-state index in [4.69, 9.17) is 9.47 Å². The van der Waals surface area contributed by atoms with Crippen molar-refractivity contribution < 1.29 is 23.5 Å². The lowest BCUT2D eigenvalue weighted by Gasteiger charge is -2.07. The van der Waals surface area contributed by atoms with Crippen molar-refractivity contribution >= 4 is 27.9 Å². The van der Waals surface area contributed by atoms with Gasteiger partial charge in [0.1, 0.15) is 11.6 Å². The second-order valence-corrected chi connectivity index (χ2v) is 9.57. The van der Waals surface area contributed by atoms with Crippen LogP contribution in [0.4, 0.5) is 4.39 Å². The van der Waals surface area contributed by atoms with Crippen LogP contribution in [-0.4, -0.2) is 18.5 Å². The van der Waals surface area contributed by atoms with Crippen LogP contribution in [0.25, 0.3) is 0 Å². The zero-order valence-electron chi connectivity index (χ0n) is 20.3. The molecule has 0 atom stereocenters. The maximum absolute atomic E-state index is 13.1. The van der Waals surface area contributed by atoms with Gasteiger partial charge in [0, 0.05) is 12.8 Å². The molecule has 0 spiro atoms. The molecule has 6 heteroatoms. The van der Waals surface area contributed by atoms with Gasteiger partial charge >= 0.3 is 11.9 Å². The van der Waals surface area contributed by atoms with E-state index in [-0.39, 0.29) is 17.8 Å². The van der Waals surface area contributed by atoms with Gasteiger partial charge in [0.2, 0.25) is 0 Å². The average molecular weight is 530 g/mol. The number of esters is 2. The molecule has 0 radical (unpaired) electrons. The van der Waals surface area contributed by atoms with E-state index >= 15 is 0 Å². The third-order valence-electron chi connectivity index (χ3n) is 5.64. The molecule has 1 aromatic rings. The highest BCUT2D eigenvalue weighted by Gasteiger charge is 2.09. The van der Waals surface area contributed by atoms with Gasteiger partial charge in [0.05, 0.1) is 11.1 Å². The van der Waals surface area contributed by atoms with Gasteiger partial charge in [-0.05, 0) is 53.4 Å². The van der Waals surface area contributed by atoms with Crippen LogP contribution >= 0.6 is 15.9 Å². The van der Waals surface area contributed by atoms with E-state index in [0.29, 0.717) is 29.7 Å². The summed E-state index contributed by atoms with van der Waals surface area (Å²) in [5, 5.41) is 0. The molecule has 0 aliphatic heterocycles. The van der Waals surface area contributed by atoms with E-state index in [1.165, 1.54) is 63.1 Å². The van der Waals surface area contributed by atoms with Gasteiger partial charge in [0.25, 0.3) is 0 Å². The fourth-order valence-electron chi connectivity index (χ4n) is 3.65. The summed E-state index contributed by atoms with van der Waals surface area (Å²) in [6.07, 6.45) is 17.8. The summed E-state index contributed by atoms with van der Waals surface area (Å²) >= 11 is 3.19. The Morgan fingerprint density at radius 3 is 1.85 bits per heavy atom. The molecule has 188 valence electrons. The third kappa shape index (κ3) is 16.8. The first-order chi connectivity index (χ1) is 16.0. The Hall–Kier alpha value is -1.43. The van der Waals surface area contributed by atoms with Crippen molar-refractivity contribution in [3.05, 3.63) is 28.5 Å². The lowest BCUT2D eigenvalue weighted by Crippen LogP contribution is -2.08. The zero-order chi connectivity index (χ0) is 24.2. The Bertz CT molecular complexity index is 666. The minimum atomic E-state index is -0.381. The molecule has 0 N–H and O–H groups in total. The predicted molar refractivity (Wildman–Crippen MR) is 135 cm³/mol. The first-order valence-corrected chi connectivity index (χ1v) is 13.6. The van der Waals surface area contributed by atoms with Crippen molar-refractivity contribution in [3.63, 3.8) is 0 Å². The zero-order valence-corrected chi connectivity index (χ0v) is 21.9. The number of benzene rings is 1. The molecule has 0 aliphatic rings. The van der Waals surface area contributed by atoms with Crippen molar-refractivity contribution in [2.24, 2.45) is 0 Å². The fourth-order valence-corrected chi connectivity index (χ4v) is 4.08. The Labute approximate surface area is 208 Å². The standard InChI is InChI=1S/C27H42BrFO4/c1-2-3-4-5-6-7-10-13-16-21-32-26(30)17-14-11-8-9-12-15-18-27(31)33-25-20-19-23(29)22-24(25)28/h19-20,22H,2-18,21H2,1H3. The van der Waals surface area contributed by atoms with E-state index in [2.05, 4.69) is 22.9 Å². The number of carbonyl (C=O) groups is 2. The van der Waals surface area contributed by atoms with Crippen molar-refractivity contribution in [2.45, 2.75) is 116 Å². The Morgan fingerprint density at radius 1 is 0.758 bits per heavy atom. The van der Waals surface area contributed by atoms with Gasteiger partial charge in [0.15, 0.2) is 0 Å². The van der Waals surface area contributed by atoms with Crippen molar-refractivity contribution in [1.29, 1.82) is 0 Å². The molecule has 0 aromatic heterocycles. The van der Waals surface area contributed by atoms with Crippen LogP contribution in [-0.2, 0) is 14.3 Å². The maximum Gasteiger partial charge on any atom is 0.311 e. The second kappa shape index (κ2) is 20.0. The molecule has 4 nitrogen and oxygen atoms in total. The predicted octanol–water partition coefficient (Wildman–Crippen LogP) is 8.69. The van der Waals surface area contributed by atoms with E-state index in [9.17, 15) is 14.0 Å². The first kappa shape index (κ1) is 29.6. The van der Waals surface area contributed by atoms with Gasteiger partial charge in [-0.2, -0.15) is 0 Å². The summed E-state index contributed by atoms with van der Waals surface area (Å²) in [5.74, 6) is -0.430. The molecule has 0 amide bonds. The maximum atomic E-state index is 13.1. The molecule has 1 rings (SSSR count). The Kier molecular flexibility index (Phi) is 17.9. The van der Waals surface area contributed by atoms with Crippen LogP contribution in [0.1, 0.15) is 116 Å². The molecule has 0 saturated heterocycles. The molecule has 0 bridgehead atoms. The molecular weight excluding hydrogens is 487 g/mol. The highest BCUT2D eigenvalue weighted by Crippen LogP contribution is 2.26. The van der Waals surface area contributed by atoms with Crippen LogP contribution in [0, 0.1) is 5.82 Å². The SMILES string of the molecule is CCCCCCCCCCCOC(=O)CCCCCCCCC(=O)Oc1ccc(F)cc1Br. The monoisotopic (exact) mass is 528 g/mol. The number of halogens is 2. The van der Waals surface area contributed by atoms with Crippen LogP contribution in [0.15, 0.2) is 22.7 Å². The molecule has 1 aromatic carbocycles. The lowest BCUT2D eigenvalue weighted by atomic mass is 10.1. The molecule has 0 unspecified atom stereocenters. The van der Waals surface area contributed by atoms with E-state index in [1.54, 1.807) is 0 Å². The molecule has 0 fully saturated rings. The average Bonchev–Trinajstić information content (AvgIpc) is 2.78. The summed E-state index contributed by atoms with van der Waals surface area (Å²) < 4.78 is 24.1. The first-order valence-electron chi connectivity index (χ1n) is 12.8. The molecule has 0 saturated carbocycles. The number of ether oxygens (including phenoxy) is 2. The minimum absolute atomic E-state index is 0.0794. The summed E-state index contributed by atoms with van der Waals surface area (Å²) in [4.78, 5) is 23.7. The largest absolute Gasteiger partial charge is 0.466 e. The van der Waals surface area contributed by atoms with Crippen LogP contribution in [0.5, 0.6) is 5.75 Å². The number of hydrogen-bond donors (Lipinski definition) is 0. The van der Waals surface area contributed by atoms with E-state index < -0.39 is 0 Å². The van der Waals surface area contributed by atoms with Crippen LogP contribution in [0.2, 0.25) is 0 Å². The van der Waals surface area contributed by atoms with Crippen molar-refractivity contribution in [1.82, 2.24) is 0 Å². The minimum Gasteiger partial charge on any atom is -0.466 e. The van der Waals surface area contributed by atoms with Gasteiger partial charge in [-0.15, -0.1) is 0 Å². The van der Waals surface area contributed by atoms with Crippen LogP contribution in [0.3, 0.4) is 0 Å². The Morgan fingerprint density at radius 2 is 1.27 bits per heavy atom. The molecule has 0 heterocycles. The number of carbonyl (C=O) groups excluding carboxylic acids is 2. The highest BCUT2D eigenvalue weighted by atomic mass is 79.9. The Balaban J connectivity index is 1.87. The van der Waals surface area contributed by atoms with Gasteiger partial charge in [-0.1, -0.05) is 84.0 Å². The molecule has 33 heavy (non-hydrogen) atoms. The van der Waals surface area contributed by atoms with E-state index in [1.807, 2.05) is 0 Å². The molecular formula is C27H42BrFO4. The molecule has 0 aliphatic carbocycles. The van der Waals surface area contributed by atoms with Crippen LogP contribution < -0.4 is 4.74 Å². The highest BCUT2D eigenvalue weighted by molar-refractivity contribution is 9.10. The quantitative estimate of drug-likeness (QED) is 0.0963. The van der Waals surface area contributed by atoms with E-state index in [0.717, 1.165) is 51.4 Å². The fraction of sp³-hybridized carbons (Fsp3) is 0.704. The summed E-state index contributed by atoms with van der Waals surface area (Å²) in [5.41, 5.74) is 0. The summed E-state index contributed by atoms with van der Waals surface area (Å²) in [6, 6.07) is 3.98. The summed E-state index contributed by atoms with van der Waals surface area (Å²) in [6.45, 7) is 2.79. The van der Waals surface area contributed by atoms with Gasteiger partial charge < -0.3 is 9.47 Å². The van der Waals surface area contributed by atoms with Crippen molar-refractivity contribution in [3.8, 4) is 5.75 Å². The normalized spacial score (nSPS) is 10.9. The number of rotatable bonds is 20. The topological polar surface area (TPSA) is 52.6 Å². The van der Waals surface area contributed by atoms with Crippen molar-refractivity contribution in [2.75, 3.05) is 6.61 Å². The number of unbranched alkanes of at least 4 members (excludes halogenated alkanes) is 13. The third-order valence-corrected chi connectivity index (χ3v) is 6.26. The number of hydrogen-bond acceptors (Lipinski definition) is 4. The smallest absolute Gasteiger partial charge is 0.311 e.